The highest BCUT2D eigenvalue weighted by Crippen LogP contribution is 2.38. The van der Waals surface area contributed by atoms with Crippen LogP contribution in [0.3, 0.4) is 0 Å². The van der Waals surface area contributed by atoms with Gasteiger partial charge in [-0.2, -0.15) is 8.42 Å². The van der Waals surface area contributed by atoms with Gasteiger partial charge in [-0.1, -0.05) is 0 Å². The van der Waals surface area contributed by atoms with Crippen LogP contribution in [0.1, 0.15) is 24.5 Å². The number of phenols is 1. The summed E-state index contributed by atoms with van der Waals surface area (Å²) in [5.41, 5.74) is 0.414. The number of anilines is 1. The van der Waals surface area contributed by atoms with Crippen LogP contribution < -0.4 is 9.03 Å². The van der Waals surface area contributed by atoms with Crippen molar-refractivity contribution in [3.63, 3.8) is 0 Å². The number of hydrogen-bond acceptors (Lipinski definition) is 6. The molecule has 8 nitrogen and oxygen atoms in total. The first-order valence-electron chi connectivity index (χ1n) is 7.96. The summed E-state index contributed by atoms with van der Waals surface area (Å²) in [6, 6.07) is 1.36. The van der Waals surface area contributed by atoms with Crippen molar-refractivity contribution in [1.82, 2.24) is 9.62 Å². The van der Waals surface area contributed by atoms with Crippen molar-refractivity contribution >= 4 is 21.8 Å². The first-order chi connectivity index (χ1) is 11.7. The van der Waals surface area contributed by atoms with Gasteiger partial charge in [0.25, 0.3) is 5.91 Å². The Morgan fingerprint density at radius 1 is 1.40 bits per heavy atom. The van der Waals surface area contributed by atoms with Crippen LogP contribution in [-0.4, -0.2) is 55.2 Å². The van der Waals surface area contributed by atoms with Crippen LogP contribution >= 0.6 is 0 Å². The fraction of sp³-hybridized carbons (Fsp3) is 0.533. The van der Waals surface area contributed by atoms with Gasteiger partial charge in [0.15, 0.2) is 5.82 Å². The van der Waals surface area contributed by atoms with Gasteiger partial charge in [0.1, 0.15) is 18.0 Å². The third-order valence-corrected chi connectivity index (χ3v) is 5.80. The first-order valence-corrected chi connectivity index (χ1v) is 9.40. The van der Waals surface area contributed by atoms with Crippen LogP contribution in [0.2, 0.25) is 0 Å². The van der Waals surface area contributed by atoms with Crippen molar-refractivity contribution in [3.8, 4) is 5.75 Å². The van der Waals surface area contributed by atoms with E-state index < -0.39 is 46.0 Å². The number of rotatable bonds is 4. The number of phenolic OH excluding ortho intramolecular Hbond substituents is 1. The minimum absolute atomic E-state index is 0.246. The standard InChI is InChI=1S/C15H20FN3O5S/c1-9(20)2-4-18-5-3-10-6-12(21)15(14(16)11(10)7-18)19-8-13(22)17-25(19,23)24/h6,9,20-21H,2-5,7-8H2,1H3,(H,17,22). The van der Waals surface area contributed by atoms with Crippen LogP contribution in [0.4, 0.5) is 10.1 Å². The summed E-state index contributed by atoms with van der Waals surface area (Å²) in [6.45, 7) is 2.58. The van der Waals surface area contributed by atoms with E-state index in [2.05, 4.69) is 0 Å². The highest BCUT2D eigenvalue weighted by molar-refractivity contribution is 7.92. The van der Waals surface area contributed by atoms with E-state index in [4.69, 9.17) is 0 Å². The molecule has 1 amide bonds. The van der Waals surface area contributed by atoms with Gasteiger partial charge >= 0.3 is 10.2 Å². The summed E-state index contributed by atoms with van der Waals surface area (Å²) < 4.78 is 41.3. The quantitative estimate of drug-likeness (QED) is 0.677. The molecule has 0 bridgehead atoms. The fourth-order valence-corrected chi connectivity index (χ4v) is 4.30. The number of nitrogens with zero attached hydrogens (tertiary/aromatic N) is 2. The zero-order valence-electron chi connectivity index (χ0n) is 13.7. The second-order valence-electron chi connectivity index (χ2n) is 6.40. The minimum atomic E-state index is -4.21. The van der Waals surface area contributed by atoms with E-state index in [0.717, 1.165) is 0 Å². The molecule has 2 heterocycles. The molecule has 10 heteroatoms. The molecule has 1 atom stereocenters. The molecule has 0 saturated carbocycles. The molecule has 0 aromatic heterocycles. The molecule has 1 fully saturated rings. The number of nitrogens with one attached hydrogen (secondary N) is 1. The number of fused-ring (bicyclic) bond motifs is 1. The lowest BCUT2D eigenvalue weighted by atomic mass is 9.97. The molecule has 3 rings (SSSR count). The average Bonchev–Trinajstić information content (AvgIpc) is 2.78. The Kier molecular flexibility index (Phi) is 4.60. The molecule has 3 N–H and O–H groups in total. The zero-order chi connectivity index (χ0) is 18.4. The average molecular weight is 373 g/mol. The number of carbonyl (C=O) groups excluding carboxylic acids is 1. The van der Waals surface area contributed by atoms with Crippen molar-refractivity contribution in [1.29, 1.82) is 0 Å². The lowest BCUT2D eigenvalue weighted by molar-refractivity contribution is -0.117. The Bertz CT molecular complexity index is 812. The van der Waals surface area contributed by atoms with E-state index in [-0.39, 0.29) is 6.54 Å². The van der Waals surface area contributed by atoms with Crippen molar-refractivity contribution in [2.24, 2.45) is 0 Å². The number of hydrogen-bond donors (Lipinski definition) is 3. The number of amides is 1. The van der Waals surface area contributed by atoms with Gasteiger partial charge < -0.3 is 10.2 Å². The third-order valence-electron chi connectivity index (χ3n) is 4.43. The molecule has 0 aliphatic carbocycles. The van der Waals surface area contributed by atoms with E-state index in [1.54, 1.807) is 11.6 Å². The van der Waals surface area contributed by atoms with E-state index in [0.29, 0.717) is 41.4 Å². The number of aliphatic hydroxyl groups excluding tert-OH is 1. The van der Waals surface area contributed by atoms with Crippen LogP contribution in [0.15, 0.2) is 6.07 Å². The number of aromatic hydroxyl groups is 1. The van der Waals surface area contributed by atoms with Crippen LogP contribution in [0, 0.1) is 5.82 Å². The van der Waals surface area contributed by atoms with Gasteiger partial charge in [0, 0.05) is 25.2 Å². The largest absolute Gasteiger partial charge is 0.506 e. The lowest BCUT2D eigenvalue weighted by Gasteiger charge is -2.31. The Balaban J connectivity index is 1.95. The molecule has 1 unspecified atom stereocenters. The van der Waals surface area contributed by atoms with Gasteiger partial charge in [-0.05, 0) is 31.4 Å². The summed E-state index contributed by atoms with van der Waals surface area (Å²) >= 11 is 0. The molecule has 1 saturated heterocycles. The summed E-state index contributed by atoms with van der Waals surface area (Å²) in [5.74, 6) is -2.12. The van der Waals surface area contributed by atoms with Gasteiger partial charge in [-0.25, -0.2) is 13.4 Å². The molecule has 138 valence electrons. The summed E-state index contributed by atoms with van der Waals surface area (Å²) in [6.07, 6.45) is 0.582. The van der Waals surface area contributed by atoms with Crippen LogP contribution in [-0.2, 0) is 28.0 Å². The number of carbonyl (C=O) groups is 1. The Morgan fingerprint density at radius 3 is 2.72 bits per heavy atom. The normalized spacial score (nSPS) is 21.1. The van der Waals surface area contributed by atoms with Gasteiger partial charge in [-0.15, -0.1) is 0 Å². The molecular weight excluding hydrogens is 353 g/mol. The molecule has 2 aliphatic rings. The molecule has 25 heavy (non-hydrogen) atoms. The fourth-order valence-electron chi connectivity index (χ4n) is 3.14. The second kappa shape index (κ2) is 6.43. The molecule has 2 aliphatic heterocycles. The zero-order valence-corrected chi connectivity index (χ0v) is 14.5. The molecule has 1 aromatic rings. The van der Waals surface area contributed by atoms with Gasteiger partial charge in [-0.3, -0.25) is 9.69 Å². The Morgan fingerprint density at radius 2 is 2.12 bits per heavy atom. The first kappa shape index (κ1) is 17.9. The molecule has 0 radical (unpaired) electrons. The smallest absolute Gasteiger partial charge is 0.326 e. The maximum Gasteiger partial charge on any atom is 0.326 e. The number of halogens is 1. The SMILES string of the molecule is CC(O)CCN1CCc2cc(O)c(N3CC(=O)NS3(=O)=O)c(F)c2C1. The molecule has 1 aromatic carbocycles. The van der Waals surface area contributed by atoms with E-state index in [1.807, 2.05) is 4.90 Å². The third kappa shape index (κ3) is 3.42. The van der Waals surface area contributed by atoms with Gasteiger partial charge in [0.05, 0.1) is 6.10 Å². The van der Waals surface area contributed by atoms with Crippen molar-refractivity contribution in [2.75, 3.05) is 23.9 Å². The minimum Gasteiger partial charge on any atom is -0.506 e. The summed E-state index contributed by atoms with van der Waals surface area (Å²) in [4.78, 5) is 13.3. The van der Waals surface area contributed by atoms with Crippen LogP contribution in [0.5, 0.6) is 5.75 Å². The van der Waals surface area contributed by atoms with E-state index in [1.165, 1.54) is 6.07 Å². The molecular formula is C15H20FN3O5S. The number of benzene rings is 1. The summed E-state index contributed by atoms with van der Waals surface area (Å²) in [5, 5.41) is 19.5. The Hall–Kier alpha value is -1.91. The Labute approximate surface area is 145 Å². The molecule has 0 spiro atoms. The van der Waals surface area contributed by atoms with Crippen molar-refractivity contribution in [3.05, 3.63) is 23.0 Å². The highest BCUT2D eigenvalue weighted by atomic mass is 32.2. The van der Waals surface area contributed by atoms with E-state index >= 15 is 4.39 Å². The summed E-state index contributed by atoms with van der Waals surface area (Å²) in [7, 11) is -4.21. The van der Waals surface area contributed by atoms with Crippen LogP contribution in [0.25, 0.3) is 0 Å². The number of aliphatic hydroxyl groups is 1. The second-order valence-corrected chi connectivity index (χ2v) is 7.99. The topological polar surface area (TPSA) is 110 Å². The maximum atomic E-state index is 15.0. The van der Waals surface area contributed by atoms with Crippen molar-refractivity contribution in [2.45, 2.75) is 32.4 Å². The van der Waals surface area contributed by atoms with E-state index in [9.17, 15) is 23.4 Å². The lowest BCUT2D eigenvalue weighted by Crippen LogP contribution is -2.34. The maximum absolute atomic E-state index is 15.0. The van der Waals surface area contributed by atoms with Crippen molar-refractivity contribution < 1.29 is 27.8 Å². The monoisotopic (exact) mass is 373 g/mol. The predicted molar refractivity (Wildman–Crippen MR) is 87.8 cm³/mol. The highest BCUT2D eigenvalue weighted by Gasteiger charge is 2.38. The van der Waals surface area contributed by atoms with Gasteiger partial charge in [0.2, 0.25) is 0 Å². The predicted octanol–water partition coefficient (Wildman–Crippen LogP) is -0.159.